The van der Waals surface area contributed by atoms with E-state index in [-0.39, 0.29) is 31.1 Å². The predicted molar refractivity (Wildman–Crippen MR) is 247 cm³/mol. The third kappa shape index (κ3) is 9.70. The number of esters is 1. The standard InChI is InChI=1S/C48H66N8O7S/c1-11-55-39-17-16-31-20-34(39)35(43(55)33-14-12-18-49-41(33)30(5)62-10)22-48(6,7)27-63-46(59)36-15-13-19-56(52-36)45(58)37(21-40-50-38(31)26-64-40)51-44(57)42(28(2)3)53(8)47(60)54-23-32(24-54)29(4)25-61-9/h12,14,16-18,20,26,28-30,32,36-37,42,52H,11,13,15,19,21-25,27H2,1-10H3,(H,51,57)/t29-,30-,36-,37-,42?/m0/s1. The second-order valence-electron chi connectivity index (χ2n) is 19.0. The van der Waals surface area contributed by atoms with Gasteiger partial charge < -0.3 is 33.9 Å². The molecule has 1 unspecified atom stereocenters. The van der Waals surface area contributed by atoms with E-state index in [0.717, 1.165) is 44.7 Å². The van der Waals surface area contributed by atoms with E-state index in [1.54, 1.807) is 32.4 Å². The number of likely N-dealkylation sites (tertiary alicyclic amines) is 1. The van der Waals surface area contributed by atoms with Gasteiger partial charge in [-0.2, -0.15) is 0 Å². The van der Waals surface area contributed by atoms with Gasteiger partial charge in [0.25, 0.3) is 5.91 Å². The first-order valence-corrected chi connectivity index (χ1v) is 23.6. The lowest BCUT2D eigenvalue weighted by atomic mass is 9.84. The number of cyclic esters (lactones) is 1. The minimum Gasteiger partial charge on any atom is -0.464 e. The Kier molecular flexibility index (Phi) is 14.5. The Hall–Kier alpha value is -4.90. The van der Waals surface area contributed by atoms with Crippen LogP contribution in [0.2, 0.25) is 0 Å². The molecule has 346 valence electrons. The lowest BCUT2D eigenvalue weighted by molar-refractivity contribution is -0.155. The summed E-state index contributed by atoms with van der Waals surface area (Å²) in [6.07, 6.45) is 3.29. The number of urea groups is 1. The number of amides is 4. The molecule has 16 heteroatoms. The van der Waals surface area contributed by atoms with Crippen molar-refractivity contribution in [1.29, 1.82) is 0 Å². The lowest BCUT2D eigenvalue weighted by Crippen LogP contribution is -2.63. The Morgan fingerprint density at radius 3 is 2.59 bits per heavy atom. The van der Waals surface area contributed by atoms with Gasteiger partial charge in [-0.1, -0.05) is 40.7 Å². The second-order valence-corrected chi connectivity index (χ2v) is 19.9. The molecule has 64 heavy (non-hydrogen) atoms. The minimum atomic E-state index is -1.04. The highest BCUT2D eigenvalue weighted by Gasteiger charge is 2.41. The maximum absolute atomic E-state index is 14.6. The number of methoxy groups -OCH3 is 2. The summed E-state index contributed by atoms with van der Waals surface area (Å²) in [5.41, 5.74) is 9.38. The van der Waals surface area contributed by atoms with E-state index in [9.17, 15) is 19.2 Å². The number of hydrazine groups is 1. The topological polar surface area (TPSA) is 160 Å². The van der Waals surface area contributed by atoms with E-state index in [4.69, 9.17) is 24.2 Å². The quantitative estimate of drug-likeness (QED) is 0.159. The Labute approximate surface area is 381 Å². The van der Waals surface area contributed by atoms with E-state index < -0.39 is 41.3 Å². The van der Waals surface area contributed by atoms with Crippen molar-refractivity contribution >= 4 is 46.1 Å². The number of hydrogen-bond acceptors (Lipinski definition) is 11. The molecule has 7 rings (SSSR count). The highest BCUT2D eigenvalue weighted by Crippen LogP contribution is 2.42. The zero-order valence-electron chi connectivity index (χ0n) is 39.1. The molecule has 4 amide bonds. The van der Waals surface area contributed by atoms with Crippen LogP contribution in [0.3, 0.4) is 0 Å². The summed E-state index contributed by atoms with van der Waals surface area (Å²) < 4.78 is 19.6. The first kappa shape index (κ1) is 47.1. The Bertz CT molecular complexity index is 2340. The van der Waals surface area contributed by atoms with Gasteiger partial charge in [-0.15, -0.1) is 11.3 Å². The normalized spacial score (nSPS) is 20.9. The third-order valence-electron chi connectivity index (χ3n) is 13.2. The van der Waals surface area contributed by atoms with E-state index in [1.165, 1.54) is 21.2 Å². The molecule has 4 aromatic rings. The Morgan fingerprint density at radius 2 is 1.89 bits per heavy atom. The number of benzene rings is 1. The largest absolute Gasteiger partial charge is 0.464 e. The van der Waals surface area contributed by atoms with E-state index in [1.807, 2.05) is 32.2 Å². The Morgan fingerprint density at radius 1 is 1.12 bits per heavy atom. The molecule has 3 aliphatic rings. The van der Waals surface area contributed by atoms with Crippen LogP contribution in [0.4, 0.5) is 4.79 Å². The summed E-state index contributed by atoms with van der Waals surface area (Å²) in [5.74, 6) is -0.896. The molecule has 3 aliphatic heterocycles. The summed E-state index contributed by atoms with van der Waals surface area (Å²) in [5, 5.41) is 8.21. The maximum Gasteiger partial charge on any atom is 0.324 e. The van der Waals surface area contributed by atoms with Crippen LogP contribution >= 0.6 is 11.3 Å². The highest BCUT2D eigenvalue weighted by atomic mass is 32.1. The molecule has 0 radical (unpaired) electrons. The molecule has 15 nitrogen and oxygen atoms in total. The van der Waals surface area contributed by atoms with E-state index in [0.29, 0.717) is 68.9 Å². The summed E-state index contributed by atoms with van der Waals surface area (Å²) in [6.45, 7) is 17.2. The van der Waals surface area contributed by atoms with Gasteiger partial charge in [-0.05, 0) is 80.7 Å². The van der Waals surface area contributed by atoms with Gasteiger partial charge in [0.15, 0.2) is 0 Å². The van der Waals surface area contributed by atoms with Crippen LogP contribution in [0.5, 0.6) is 0 Å². The van der Waals surface area contributed by atoms with Crippen molar-refractivity contribution in [3.8, 4) is 22.5 Å². The molecule has 2 N–H and O–H groups in total. The fourth-order valence-electron chi connectivity index (χ4n) is 9.52. The molecule has 0 spiro atoms. The number of aromatic nitrogens is 3. The Balaban J connectivity index is 1.25. The van der Waals surface area contributed by atoms with Gasteiger partial charge in [0.2, 0.25) is 5.91 Å². The summed E-state index contributed by atoms with van der Waals surface area (Å²) in [7, 11) is 5.02. The minimum absolute atomic E-state index is 0.107. The average molecular weight is 899 g/mol. The van der Waals surface area contributed by atoms with Crippen LogP contribution < -0.4 is 10.7 Å². The molecule has 2 saturated heterocycles. The highest BCUT2D eigenvalue weighted by molar-refractivity contribution is 7.10. The van der Waals surface area contributed by atoms with Gasteiger partial charge in [0.1, 0.15) is 18.1 Å². The van der Waals surface area contributed by atoms with Crippen molar-refractivity contribution in [2.45, 2.75) is 105 Å². The number of fused-ring (bicyclic) bond motifs is 6. The van der Waals surface area contributed by atoms with Gasteiger partial charge >= 0.3 is 12.0 Å². The van der Waals surface area contributed by atoms with Crippen LogP contribution in [0, 0.1) is 23.2 Å². The zero-order chi connectivity index (χ0) is 46.0. The molecule has 0 saturated carbocycles. The second kappa shape index (κ2) is 19.7. The van der Waals surface area contributed by atoms with Crippen LogP contribution in [-0.4, -0.2) is 125 Å². The molecule has 0 aliphatic carbocycles. The van der Waals surface area contributed by atoms with Crippen molar-refractivity contribution in [1.82, 2.24) is 40.1 Å². The van der Waals surface area contributed by atoms with Crippen LogP contribution in [0.1, 0.15) is 83.7 Å². The smallest absolute Gasteiger partial charge is 0.324 e. The number of thiazole rings is 1. The number of nitrogens with one attached hydrogen (secondary N) is 2. The molecule has 3 aromatic heterocycles. The first-order chi connectivity index (χ1) is 30.5. The summed E-state index contributed by atoms with van der Waals surface area (Å²) >= 11 is 1.43. The number of aryl methyl sites for hydroxylation is 1. The third-order valence-corrected chi connectivity index (χ3v) is 14.1. The molecule has 6 bridgehead atoms. The first-order valence-electron chi connectivity index (χ1n) is 22.7. The van der Waals surface area contributed by atoms with Gasteiger partial charge in [-0.25, -0.2) is 15.2 Å². The zero-order valence-corrected chi connectivity index (χ0v) is 39.9. The molecule has 1 aromatic carbocycles. The summed E-state index contributed by atoms with van der Waals surface area (Å²) in [4.78, 5) is 69.8. The van der Waals surface area contributed by atoms with Crippen LogP contribution in [-0.2, 0) is 48.0 Å². The van der Waals surface area contributed by atoms with Crippen molar-refractivity contribution < 1.29 is 33.4 Å². The molecule has 5 atom stereocenters. The maximum atomic E-state index is 14.6. The van der Waals surface area contributed by atoms with Crippen molar-refractivity contribution in [2.75, 3.05) is 54.1 Å². The van der Waals surface area contributed by atoms with Gasteiger partial charge in [0.05, 0.1) is 34.8 Å². The fraction of sp³-hybridized carbons (Fsp3) is 0.583. The number of nitrogens with zero attached hydrogens (tertiary/aromatic N) is 6. The van der Waals surface area contributed by atoms with E-state index in [2.05, 4.69) is 67.3 Å². The van der Waals surface area contributed by atoms with Gasteiger partial charge in [0, 0.05) is 99.5 Å². The monoisotopic (exact) mass is 898 g/mol. The number of pyridine rings is 1. The predicted octanol–water partition coefficient (Wildman–Crippen LogP) is 6.49. The lowest BCUT2D eigenvalue weighted by Gasteiger charge is -2.45. The molecular weight excluding hydrogens is 833 g/mol. The van der Waals surface area contributed by atoms with Crippen LogP contribution in [0.25, 0.3) is 33.4 Å². The fourth-order valence-corrected chi connectivity index (χ4v) is 10.4. The van der Waals surface area contributed by atoms with Crippen molar-refractivity contribution in [3.63, 3.8) is 0 Å². The molecule has 2 fully saturated rings. The van der Waals surface area contributed by atoms with Crippen molar-refractivity contribution in [3.05, 3.63) is 58.2 Å². The van der Waals surface area contributed by atoms with Crippen molar-refractivity contribution in [2.24, 2.45) is 23.2 Å². The molecular formula is C48H66N8O7S. The van der Waals surface area contributed by atoms with Crippen LogP contribution in [0.15, 0.2) is 41.9 Å². The SMILES string of the molecule is CCn1c(-c2cccnc2[C@H](C)OC)c2c3cc(ccc31)-c1csc(n1)C[C@H](NC(=O)C(C(C)C)N(C)C(=O)N1CC([C@@H](C)COC)C1)C(=O)N1CCC[C@H](N1)C(=O)OCC(C)(C)C2. The number of carbonyl (C=O) groups is 4. The number of rotatable bonds is 11. The summed E-state index contributed by atoms with van der Waals surface area (Å²) in [6, 6.07) is 7.57. The van der Waals surface area contributed by atoms with E-state index >= 15 is 0 Å². The number of likely N-dealkylation sites (N-methyl/N-ethyl adjacent to an activating group) is 1. The number of carbonyl (C=O) groups excluding carboxylic acids is 4. The molecule has 6 heterocycles. The number of hydrogen-bond donors (Lipinski definition) is 2. The number of ether oxygens (including phenoxy) is 3. The average Bonchev–Trinajstić information content (AvgIpc) is 3.85. The van der Waals surface area contributed by atoms with Gasteiger partial charge in [-0.3, -0.25) is 24.4 Å².